The van der Waals surface area contributed by atoms with Gasteiger partial charge in [0, 0.05) is 41.8 Å². The summed E-state index contributed by atoms with van der Waals surface area (Å²) in [6.45, 7) is 1.36. The maximum atomic E-state index is 12.5. The number of carbonyl (C=O) groups is 3. The molecular formula is C16H16Cl2N2O4. The summed E-state index contributed by atoms with van der Waals surface area (Å²) in [4.78, 5) is 39.3. The second kappa shape index (κ2) is 6.26. The molecular weight excluding hydrogens is 355 g/mol. The summed E-state index contributed by atoms with van der Waals surface area (Å²) < 4.78 is 0. The van der Waals surface area contributed by atoms with Gasteiger partial charge in [0.2, 0.25) is 5.91 Å². The Morgan fingerprint density at radius 1 is 0.917 bits per heavy atom. The van der Waals surface area contributed by atoms with Crippen molar-refractivity contribution in [2.75, 3.05) is 26.2 Å². The van der Waals surface area contributed by atoms with Crippen LogP contribution in [0.5, 0.6) is 0 Å². The molecule has 0 atom stereocenters. The zero-order valence-electron chi connectivity index (χ0n) is 12.8. The Balaban J connectivity index is 1.64. The van der Waals surface area contributed by atoms with Crippen LogP contribution >= 0.6 is 23.2 Å². The van der Waals surface area contributed by atoms with Crippen LogP contribution in [0.1, 0.15) is 23.2 Å². The van der Waals surface area contributed by atoms with E-state index in [1.165, 1.54) is 4.90 Å². The third kappa shape index (κ3) is 3.08. The average Bonchev–Trinajstić information content (AvgIpc) is 3.34. The number of nitrogens with zero attached hydrogens (tertiary/aromatic N) is 2. The molecule has 1 aliphatic heterocycles. The monoisotopic (exact) mass is 370 g/mol. The minimum absolute atomic E-state index is 0.203. The molecule has 1 N–H and O–H groups in total. The summed E-state index contributed by atoms with van der Waals surface area (Å²) in [6, 6.07) is 4.66. The van der Waals surface area contributed by atoms with Crippen LogP contribution in [0.4, 0.5) is 0 Å². The standard InChI is InChI=1S/C16H16Cl2N2O4/c17-11-7-10(8-12(18)9-11)13(21)19-3-5-20(6-4-19)14(22)16(1-2-16)15(23)24/h7-9H,1-6H2,(H,23,24). The normalized spacial score (nSPS) is 19.1. The first-order chi connectivity index (χ1) is 11.3. The zero-order valence-corrected chi connectivity index (χ0v) is 14.3. The van der Waals surface area contributed by atoms with Crippen LogP contribution in [0, 0.1) is 5.41 Å². The smallest absolute Gasteiger partial charge is 0.319 e. The van der Waals surface area contributed by atoms with E-state index in [2.05, 4.69) is 0 Å². The third-order valence-electron chi connectivity index (χ3n) is 4.53. The number of benzene rings is 1. The second-order valence-corrected chi connectivity index (χ2v) is 7.00. The predicted molar refractivity (Wildman–Crippen MR) is 88.2 cm³/mol. The van der Waals surface area contributed by atoms with E-state index < -0.39 is 11.4 Å². The predicted octanol–water partition coefficient (Wildman–Crippen LogP) is 2.14. The highest BCUT2D eigenvalue weighted by molar-refractivity contribution is 6.35. The molecule has 1 aliphatic carbocycles. The summed E-state index contributed by atoms with van der Waals surface area (Å²) in [5.41, 5.74) is -0.830. The number of piperazine rings is 1. The van der Waals surface area contributed by atoms with Gasteiger partial charge < -0.3 is 14.9 Å². The van der Waals surface area contributed by atoms with Crippen LogP contribution in [-0.2, 0) is 9.59 Å². The molecule has 1 aromatic rings. The maximum absolute atomic E-state index is 12.5. The molecule has 3 rings (SSSR count). The van der Waals surface area contributed by atoms with Crippen molar-refractivity contribution in [3.05, 3.63) is 33.8 Å². The van der Waals surface area contributed by atoms with E-state index in [4.69, 9.17) is 23.2 Å². The molecule has 0 unspecified atom stereocenters. The number of hydrogen-bond acceptors (Lipinski definition) is 3. The molecule has 1 aromatic carbocycles. The summed E-state index contributed by atoms with van der Waals surface area (Å²) in [5, 5.41) is 9.98. The van der Waals surface area contributed by atoms with E-state index >= 15 is 0 Å². The van der Waals surface area contributed by atoms with E-state index in [0.29, 0.717) is 54.6 Å². The van der Waals surface area contributed by atoms with E-state index in [0.717, 1.165) is 0 Å². The highest BCUT2D eigenvalue weighted by Crippen LogP contribution is 2.47. The van der Waals surface area contributed by atoms with Crippen LogP contribution < -0.4 is 0 Å². The summed E-state index contributed by atoms with van der Waals surface area (Å²) in [6.07, 6.45) is 0.780. The number of halogens is 2. The van der Waals surface area contributed by atoms with E-state index in [-0.39, 0.29) is 11.8 Å². The minimum atomic E-state index is -1.23. The molecule has 0 bridgehead atoms. The van der Waals surface area contributed by atoms with Crippen LogP contribution in [0.2, 0.25) is 10.0 Å². The fourth-order valence-corrected chi connectivity index (χ4v) is 3.45. The van der Waals surface area contributed by atoms with Crippen LogP contribution in [0.15, 0.2) is 18.2 Å². The Morgan fingerprint density at radius 2 is 1.42 bits per heavy atom. The average molecular weight is 371 g/mol. The lowest BCUT2D eigenvalue weighted by molar-refractivity contribution is -0.154. The third-order valence-corrected chi connectivity index (χ3v) is 4.97. The van der Waals surface area contributed by atoms with Gasteiger partial charge >= 0.3 is 5.97 Å². The molecule has 24 heavy (non-hydrogen) atoms. The van der Waals surface area contributed by atoms with E-state index in [9.17, 15) is 19.5 Å². The molecule has 8 heteroatoms. The van der Waals surface area contributed by atoms with Crippen molar-refractivity contribution in [3.63, 3.8) is 0 Å². The molecule has 1 heterocycles. The Hall–Kier alpha value is -1.79. The molecule has 2 aliphatic rings. The summed E-state index contributed by atoms with van der Waals surface area (Å²) in [7, 11) is 0. The molecule has 2 amide bonds. The van der Waals surface area contributed by atoms with E-state index in [1.54, 1.807) is 23.1 Å². The van der Waals surface area contributed by atoms with Gasteiger partial charge in [-0.05, 0) is 31.0 Å². The van der Waals surface area contributed by atoms with Crippen molar-refractivity contribution < 1.29 is 19.5 Å². The van der Waals surface area contributed by atoms with Gasteiger partial charge in [-0.25, -0.2) is 0 Å². The molecule has 6 nitrogen and oxygen atoms in total. The number of aliphatic carboxylic acids is 1. The lowest BCUT2D eigenvalue weighted by Gasteiger charge is -2.36. The second-order valence-electron chi connectivity index (χ2n) is 6.13. The number of carboxylic acid groups (broad SMARTS) is 1. The van der Waals surface area contributed by atoms with E-state index in [1.807, 2.05) is 0 Å². The van der Waals surface area contributed by atoms with Gasteiger partial charge in [-0.1, -0.05) is 23.2 Å². The fraction of sp³-hybridized carbons (Fsp3) is 0.438. The van der Waals surface area contributed by atoms with Gasteiger partial charge in [0.1, 0.15) is 5.41 Å². The van der Waals surface area contributed by atoms with Crippen LogP contribution in [0.25, 0.3) is 0 Å². The minimum Gasteiger partial charge on any atom is -0.480 e. The van der Waals surface area contributed by atoms with Gasteiger partial charge in [0.25, 0.3) is 5.91 Å². The molecule has 1 saturated heterocycles. The summed E-state index contributed by atoms with van der Waals surface area (Å²) >= 11 is 11.8. The Bertz CT molecular complexity index is 690. The van der Waals surface area contributed by atoms with Gasteiger partial charge in [-0.15, -0.1) is 0 Å². The molecule has 0 aromatic heterocycles. The van der Waals surface area contributed by atoms with Crippen molar-refractivity contribution in [3.8, 4) is 0 Å². The molecule has 1 saturated carbocycles. The van der Waals surface area contributed by atoms with Crippen molar-refractivity contribution >= 4 is 41.0 Å². The number of amides is 2. The van der Waals surface area contributed by atoms with Crippen molar-refractivity contribution in [2.45, 2.75) is 12.8 Å². The lowest BCUT2D eigenvalue weighted by Crippen LogP contribution is -2.53. The number of rotatable bonds is 3. The van der Waals surface area contributed by atoms with Crippen LogP contribution in [-0.4, -0.2) is 58.9 Å². The highest BCUT2D eigenvalue weighted by atomic mass is 35.5. The van der Waals surface area contributed by atoms with Gasteiger partial charge in [-0.3, -0.25) is 14.4 Å². The van der Waals surface area contributed by atoms with Gasteiger partial charge in [0.05, 0.1) is 0 Å². The quantitative estimate of drug-likeness (QED) is 0.826. The number of carboxylic acids is 1. The van der Waals surface area contributed by atoms with Gasteiger partial charge in [-0.2, -0.15) is 0 Å². The molecule has 0 spiro atoms. The first-order valence-electron chi connectivity index (χ1n) is 7.62. The molecule has 2 fully saturated rings. The van der Waals surface area contributed by atoms with Gasteiger partial charge in [0.15, 0.2) is 0 Å². The molecule has 128 valence electrons. The SMILES string of the molecule is O=C(c1cc(Cl)cc(Cl)c1)N1CCN(C(=O)C2(C(=O)O)CC2)CC1. The molecule has 0 radical (unpaired) electrons. The topological polar surface area (TPSA) is 77.9 Å². The first-order valence-corrected chi connectivity index (χ1v) is 8.37. The number of hydrogen-bond donors (Lipinski definition) is 1. The highest BCUT2D eigenvalue weighted by Gasteiger charge is 2.58. The Kier molecular flexibility index (Phi) is 4.44. The van der Waals surface area contributed by atoms with Crippen LogP contribution in [0.3, 0.4) is 0 Å². The largest absolute Gasteiger partial charge is 0.480 e. The Labute approximate surface area is 148 Å². The summed E-state index contributed by atoms with van der Waals surface area (Å²) in [5.74, 6) is -1.60. The first kappa shape index (κ1) is 17.0. The zero-order chi connectivity index (χ0) is 17.5. The van der Waals surface area contributed by atoms with Crippen molar-refractivity contribution in [2.24, 2.45) is 5.41 Å². The number of carbonyl (C=O) groups excluding carboxylic acids is 2. The maximum Gasteiger partial charge on any atom is 0.319 e. The van der Waals surface area contributed by atoms with Crippen molar-refractivity contribution in [1.29, 1.82) is 0 Å². The fourth-order valence-electron chi connectivity index (χ4n) is 2.92. The van der Waals surface area contributed by atoms with Crippen molar-refractivity contribution in [1.82, 2.24) is 9.80 Å². The lowest BCUT2D eigenvalue weighted by atomic mass is 10.1. The Morgan fingerprint density at radius 3 is 1.88 bits per heavy atom.